The van der Waals surface area contributed by atoms with Gasteiger partial charge in [-0.1, -0.05) is 18.2 Å². The molecule has 0 aliphatic rings. The second kappa shape index (κ2) is 4.97. The van der Waals surface area contributed by atoms with E-state index in [4.69, 9.17) is 10.3 Å². The average molecular weight is 211 g/mol. The molecule has 0 heterocycles. The molecule has 0 atom stereocenters. The Morgan fingerprint density at radius 1 is 1.31 bits per heavy atom. The number of anilines is 1. The molecule has 13 heavy (non-hydrogen) atoms. The summed E-state index contributed by atoms with van der Waals surface area (Å²) in [5.74, 6) is -0.431. The van der Waals surface area contributed by atoms with E-state index in [1.165, 1.54) is 0 Å². The fourth-order valence-electron chi connectivity index (χ4n) is 0.862. The van der Waals surface area contributed by atoms with Gasteiger partial charge in [0.05, 0.1) is 0 Å². The fraction of sp³-hybridized carbons (Fsp3) is 0.143. The first-order valence-corrected chi connectivity index (χ1v) is 4.88. The molecule has 4 nitrogen and oxygen atoms in total. The van der Waals surface area contributed by atoms with Crippen LogP contribution in [0.3, 0.4) is 0 Å². The van der Waals surface area contributed by atoms with Crippen LogP contribution in [0.15, 0.2) is 24.3 Å². The SMILES string of the molecule is Nc1ccccc1CS(=O)(=O)O.[NaH]. The van der Waals surface area contributed by atoms with Gasteiger partial charge in [-0.25, -0.2) is 0 Å². The first-order valence-electron chi connectivity index (χ1n) is 3.27. The van der Waals surface area contributed by atoms with Crippen molar-refractivity contribution in [3.05, 3.63) is 29.8 Å². The molecule has 6 heteroatoms. The molecule has 1 aromatic carbocycles. The van der Waals surface area contributed by atoms with Crippen molar-refractivity contribution in [2.75, 3.05) is 5.73 Å². The third-order valence-corrected chi connectivity index (χ3v) is 2.07. The second-order valence-electron chi connectivity index (χ2n) is 2.43. The summed E-state index contributed by atoms with van der Waals surface area (Å²) in [6.45, 7) is 0. The van der Waals surface area contributed by atoms with Crippen LogP contribution in [0.1, 0.15) is 5.56 Å². The van der Waals surface area contributed by atoms with Gasteiger partial charge in [0.1, 0.15) is 5.75 Å². The first kappa shape index (κ1) is 12.9. The molecular formula is C7H10NNaO3S. The molecule has 0 spiro atoms. The van der Waals surface area contributed by atoms with E-state index in [1.807, 2.05) is 0 Å². The molecule has 68 valence electrons. The van der Waals surface area contributed by atoms with Crippen molar-refractivity contribution in [1.82, 2.24) is 0 Å². The predicted molar refractivity (Wildman–Crippen MR) is 53.3 cm³/mol. The number of nitrogens with two attached hydrogens (primary N) is 1. The van der Waals surface area contributed by atoms with Crippen LogP contribution in [-0.2, 0) is 15.9 Å². The summed E-state index contributed by atoms with van der Waals surface area (Å²) in [4.78, 5) is 0. The van der Waals surface area contributed by atoms with Gasteiger partial charge >= 0.3 is 29.6 Å². The molecule has 0 saturated heterocycles. The van der Waals surface area contributed by atoms with Crippen LogP contribution in [0.25, 0.3) is 0 Å². The van der Waals surface area contributed by atoms with Crippen LogP contribution in [-0.4, -0.2) is 42.5 Å². The van der Waals surface area contributed by atoms with Crippen molar-refractivity contribution in [3.8, 4) is 0 Å². The number of para-hydroxylation sites is 1. The third kappa shape index (κ3) is 4.64. The zero-order valence-electron chi connectivity index (χ0n) is 6.27. The number of rotatable bonds is 2. The van der Waals surface area contributed by atoms with Crippen LogP contribution in [0.4, 0.5) is 5.69 Å². The molecule has 1 aromatic rings. The van der Waals surface area contributed by atoms with Crippen LogP contribution < -0.4 is 5.73 Å². The van der Waals surface area contributed by atoms with Gasteiger partial charge in [0.2, 0.25) is 0 Å². The van der Waals surface area contributed by atoms with Gasteiger partial charge in [0.25, 0.3) is 10.1 Å². The normalized spacial score (nSPS) is 10.5. The molecule has 0 fully saturated rings. The summed E-state index contributed by atoms with van der Waals surface area (Å²) < 4.78 is 29.4. The molecule has 0 aliphatic carbocycles. The third-order valence-electron chi connectivity index (χ3n) is 1.39. The van der Waals surface area contributed by atoms with E-state index >= 15 is 0 Å². The van der Waals surface area contributed by atoms with Gasteiger partial charge in [-0.3, -0.25) is 4.55 Å². The Morgan fingerprint density at radius 3 is 2.31 bits per heavy atom. The summed E-state index contributed by atoms with van der Waals surface area (Å²) in [5, 5.41) is 0. The molecular weight excluding hydrogens is 201 g/mol. The second-order valence-corrected chi connectivity index (χ2v) is 3.88. The van der Waals surface area contributed by atoms with E-state index < -0.39 is 15.9 Å². The minimum absolute atomic E-state index is 0. The van der Waals surface area contributed by atoms with Crippen molar-refractivity contribution in [1.29, 1.82) is 0 Å². The monoisotopic (exact) mass is 211 g/mol. The van der Waals surface area contributed by atoms with Crippen molar-refractivity contribution >= 4 is 45.4 Å². The Bertz CT molecular complexity index is 377. The van der Waals surface area contributed by atoms with E-state index in [-0.39, 0.29) is 29.6 Å². The molecule has 1 rings (SSSR count). The van der Waals surface area contributed by atoms with E-state index in [9.17, 15) is 8.42 Å². The topological polar surface area (TPSA) is 80.4 Å². The Labute approximate surface area is 99.2 Å². The maximum atomic E-state index is 10.5. The molecule has 0 unspecified atom stereocenters. The van der Waals surface area contributed by atoms with E-state index in [0.29, 0.717) is 11.3 Å². The first-order chi connectivity index (χ1) is 5.49. The van der Waals surface area contributed by atoms with Gasteiger partial charge in [-0.05, 0) is 11.6 Å². The van der Waals surface area contributed by atoms with E-state index in [2.05, 4.69) is 0 Å². The van der Waals surface area contributed by atoms with E-state index in [0.717, 1.165) is 0 Å². The number of hydrogen-bond acceptors (Lipinski definition) is 3. The maximum absolute atomic E-state index is 10.5. The molecule has 0 saturated carbocycles. The minimum atomic E-state index is -3.98. The summed E-state index contributed by atoms with van der Waals surface area (Å²) >= 11 is 0. The van der Waals surface area contributed by atoms with Crippen molar-refractivity contribution in [3.63, 3.8) is 0 Å². The standard InChI is InChI=1S/C7H9NO3S.Na.H/c8-7-4-2-1-3-6(7)5-12(9,10)11;;/h1-4H,5,8H2,(H,9,10,11);;. The predicted octanol–water partition coefficient (Wildman–Crippen LogP) is 0.00810. The summed E-state index contributed by atoms with van der Waals surface area (Å²) in [7, 11) is -3.98. The average Bonchev–Trinajstić information content (AvgIpc) is 1.91. The molecule has 0 amide bonds. The Kier molecular flexibility index (Phi) is 4.95. The molecule has 0 radical (unpaired) electrons. The Hall–Kier alpha value is -0.0700. The summed E-state index contributed by atoms with van der Waals surface area (Å²) in [6, 6.07) is 6.50. The number of nitrogen functional groups attached to an aromatic ring is 1. The summed E-state index contributed by atoms with van der Waals surface area (Å²) in [5.41, 5.74) is 6.24. The zero-order chi connectivity index (χ0) is 9.19. The number of hydrogen-bond donors (Lipinski definition) is 2. The summed E-state index contributed by atoms with van der Waals surface area (Å²) in [6.07, 6.45) is 0. The molecule has 0 aliphatic heterocycles. The van der Waals surface area contributed by atoms with Gasteiger partial charge < -0.3 is 5.73 Å². The van der Waals surface area contributed by atoms with Crippen LogP contribution >= 0.6 is 0 Å². The van der Waals surface area contributed by atoms with Crippen molar-refractivity contribution in [2.24, 2.45) is 0 Å². The molecule has 0 aromatic heterocycles. The van der Waals surface area contributed by atoms with Crippen molar-refractivity contribution < 1.29 is 13.0 Å². The van der Waals surface area contributed by atoms with Crippen molar-refractivity contribution in [2.45, 2.75) is 5.75 Å². The number of benzene rings is 1. The van der Waals surface area contributed by atoms with E-state index in [1.54, 1.807) is 24.3 Å². The van der Waals surface area contributed by atoms with Crippen LogP contribution in [0.2, 0.25) is 0 Å². The van der Waals surface area contributed by atoms with Gasteiger partial charge in [0.15, 0.2) is 0 Å². The molecule has 3 N–H and O–H groups in total. The zero-order valence-corrected chi connectivity index (χ0v) is 7.08. The molecule has 0 bridgehead atoms. The van der Waals surface area contributed by atoms with Crippen LogP contribution in [0.5, 0.6) is 0 Å². The van der Waals surface area contributed by atoms with Gasteiger partial charge in [-0.15, -0.1) is 0 Å². The van der Waals surface area contributed by atoms with Gasteiger partial charge in [-0.2, -0.15) is 8.42 Å². The quantitative estimate of drug-likeness (QED) is 0.410. The Balaban J connectivity index is 0.00000144. The Morgan fingerprint density at radius 2 is 1.85 bits per heavy atom. The fourth-order valence-corrected chi connectivity index (χ4v) is 1.52. The van der Waals surface area contributed by atoms with Crippen LogP contribution in [0, 0.1) is 0 Å². The van der Waals surface area contributed by atoms with Gasteiger partial charge in [0, 0.05) is 5.69 Å².